The predicted octanol–water partition coefficient (Wildman–Crippen LogP) is 4.59. The lowest BCUT2D eigenvalue weighted by Gasteiger charge is -2.17. The lowest BCUT2D eigenvalue weighted by molar-refractivity contribution is -0.147. The number of ether oxygens (including phenoxy) is 3. The second-order valence-corrected chi connectivity index (χ2v) is 13.0. The van der Waals surface area contributed by atoms with E-state index < -0.39 is 35.6 Å². The Morgan fingerprint density at radius 1 is 0.982 bits per heavy atom. The van der Waals surface area contributed by atoms with Crippen molar-refractivity contribution in [3.05, 3.63) is 78.1 Å². The number of nitrogens with one attached hydrogen (secondary N) is 3. The number of carbonyl (C=O) groups is 3. The standard InChI is InChI=1S/C39H46F2N10O6/c1-4-55-26-19-29(40)28(30(41)20-26)22-51-32-12-6-5-10-27(32)35(50-51)37-45-21-33(36(49-37)48-25-13-15-44-34(18-25)47-24(3)52)56-16-9-17-57-39(54)23(2)46-38(53)31(43)11-7-8-14-42/h5-6,10,12-13,15,18-21,23,31H,4,7-9,11,14,16-17,22,42-43H2,1-3H3,(H,46,53)(H2,44,45,47,48,49,52)/t23-,31+/m0/s1. The number of pyridine rings is 1. The van der Waals surface area contributed by atoms with Crippen molar-refractivity contribution in [3.8, 4) is 23.0 Å². The van der Waals surface area contributed by atoms with Crippen molar-refractivity contribution in [1.29, 1.82) is 0 Å². The van der Waals surface area contributed by atoms with Gasteiger partial charge in [-0.15, -0.1) is 0 Å². The molecule has 5 rings (SSSR count). The smallest absolute Gasteiger partial charge is 0.328 e. The lowest BCUT2D eigenvalue weighted by Crippen LogP contribution is -2.47. The summed E-state index contributed by atoms with van der Waals surface area (Å²) in [4.78, 5) is 50.0. The van der Waals surface area contributed by atoms with Gasteiger partial charge in [0.05, 0.1) is 44.1 Å². The second kappa shape index (κ2) is 20.1. The molecule has 3 aromatic heterocycles. The highest BCUT2D eigenvalue weighted by Crippen LogP contribution is 2.32. The number of unbranched alkanes of at least 4 members (excludes halogenated alkanes) is 1. The van der Waals surface area contributed by atoms with Gasteiger partial charge in [-0.3, -0.25) is 14.3 Å². The third-order valence-corrected chi connectivity index (χ3v) is 8.49. The quantitative estimate of drug-likeness (QED) is 0.0539. The molecule has 0 fully saturated rings. The Labute approximate surface area is 327 Å². The van der Waals surface area contributed by atoms with Crippen molar-refractivity contribution in [3.63, 3.8) is 0 Å². The number of carbonyl (C=O) groups excluding carboxylic acids is 3. The summed E-state index contributed by atoms with van der Waals surface area (Å²) < 4.78 is 48.3. The van der Waals surface area contributed by atoms with E-state index in [-0.39, 0.29) is 67.4 Å². The van der Waals surface area contributed by atoms with Crippen LogP contribution in [0.3, 0.4) is 0 Å². The minimum Gasteiger partial charge on any atom is -0.494 e. The van der Waals surface area contributed by atoms with Crippen molar-refractivity contribution in [2.75, 3.05) is 37.0 Å². The SMILES string of the molecule is CCOc1cc(F)c(Cn2nc(-c3ncc(OCCCOC(=O)[C@H](C)NC(=O)[C@H](N)CCCCN)c(Nc4ccnc(NC(C)=O)c4)n3)c3ccccc32)c(F)c1. The van der Waals surface area contributed by atoms with Crippen LogP contribution in [-0.2, 0) is 25.7 Å². The molecule has 18 heteroatoms. The summed E-state index contributed by atoms with van der Waals surface area (Å²) in [6, 6.07) is 11.0. The zero-order valence-corrected chi connectivity index (χ0v) is 31.9. The van der Waals surface area contributed by atoms with Crippen molar-refractivity contribution in [2.45, 2.75) is 65.1 Å². The number of esters is 1. The van der Waals surface area contributed by atoms with Crippen LogP contribution in [0.15, 0.2) is 60.9 Å². The van der Waals surface area contributed by atoms with Crippen LogP contribution in [0.25, 0.3) is 22.4 Å². The molecule has 2 amide bonds. The van der Waals surface area contributed by atoms with Crippen LogP contribution < -0.4 is 36.9 Å². The topological polar surface area (TPSA) is 224 Å². The third kappa shape index (κ3) is 11.4. The van der Waals surface area contributed by atoms with Gasteiger partial charge in [0.1, 0.15) is 34.9 Å². The van der Waals surface area contributed by atoms with E-state index in [4.69, 9.17) is 35.8 Å². The van der Waals surface area contributed by atoms with Gasteiger partial charge >= 0.3 is 5.97 Å². The number of aromatic nitrogens is 5. The summed E-state index contributed by atoms with van der Waals surface area (Å²) in [6.07, 6.45) is 5.13. The number of anilines is 3. The maximum absolute atomic E-state index is 15.1. The summed E-state index contributed by atoms with van der Waals surface area (Å²) in [7, 11) is 0. The van der Waals surface area contributed by atoms with Gasteiger partial charge in [0, 0.05) is 54.4 Å². The monoisotopic (exact) mass is 788 g/mol. The molecule has 302 valence electrons. The van der Waals surface area contributed by atoms with E-state index in [0.717, 1.165) is 18.6 Å². The Hall–Kier alpha value is -6.27. The van der Waals surface area contributed by atoms with Crippen LogP contribution in [0.4, 0.5) is 26.1 Å². The summed E-state index contributed by atoms with van der Waals surface area (Å²) in [5.41, 5.74) is 12.6. The fraction of sp³-hybridized carbons (Fsp3) is 0.359. The van der Waals surface area contributed by atoms with Crippen LogP contribution in [0.2, 0.25) is 0 Å². The van der Waals surface area contributed by atoms with Gasteiger partial charge in [0.15, 0.2) is 17.4 Å². The number of para-hydroxylation sites is 1. The molecular formula is C39H46F2N10O6. The van der Waals surface area contributed by atoms with Crippen LogP contribution in [-0.4, -0.2) is 81.0 Å². The van der Waals surface area contributed by atoms with E-state index in [2.05, 4.69) is 25.9 Å². The summed E-state index contributed by atoms with van der Waals surface area (Å²) in [5.74, 6) is -1.92. The number of fused-ring (bicyclic) bond motifs is 1. The summed E-state index contributed by atoms with van der Waals surface area (Å²) >= 11 is 0. The molecule has 0 aliphatic heterocycles. The molecule has 0 spiro atoms. The zero-order chi connectivity index (χ0) is 40.9. The van der Waals surface area contributed by atoms with E-state index >= 15 is 8.78 Å². The third-order valence-electron chi connectivity index (χ3n) is 8.49. The summed E-state index contributed by atoms with van der Waals surface area (Å²) in [5, 5.41) is 13.7. The fourth-order valence-corrected chi connectivity index (χ4v) is 5.68. The van der Waals surface area contributed by atoms with Gasteiger partial charge in [0.2, 0.25) is 11.8 Å². The maximum Gasteiger partial charge on any atom is 0.328 e. The zero-order valence-electron chi connectivity index (χ0n) is 31.9. The summed E-state index contributed by atoms with van der Waals surface area (Å²) in [6.45, 7) is 5.22. The maximum atomic E-state index is 15.1. The van der Waals surface area contributed by atoms with Crippen molar-refractivity contribution in [2.24, 2.45) is 11.5 Å². The molecule has 57 heavy (non-hydrogen) atoms. The molecule has 7 N–H and O–H groups in total. The van der Waals surface area contributed by atoms with Gasteiger partial charge in [-0.25, -0.2) is 28.5 Å². The normalized spacial score (nSPS) is 12.1. The van der Waals surface area contributed by atoms with Crippen molar-refractivity contribution in [1.82, 2.24) is 30.0 Å². The van der Waals surface area contributed by atoms with Crippen molar-refractivity contribution >= 4 is 46.0 Å². The molecule has 0 bridgehead atoms. The van der Waals surface area contributed by atoms with E-state index in [1.807, 2.05) is 0 Å². The van der Waals surface area contributed by atoms with Gasteiger partial charge in [-0.05, 0) is 45.4 Å². The number of amides is 2. The van der Waals surface area contributed by atoms with E-state index in [9.17, 15) is 14.4 Å². The van der Waals surface area contributed by atoms with Gasteiger partial charge in [-0.1, -0.05) is 24.6 Å². The number of hydrogen-bond acceptors (Lipinski definition) is 13. The first-order valence-corrected chi connectivity index (χ1v) is 18.5. The van der Waals surface area contributed by atoms with Crippen LogP contribution >= 0.6 is 0 Å². The molecule has 0 saturated heterocycles. The van der Waals surface area contributed by atoms with Crippen molar-refractivity contribution < 1.29 is 37.4 Å². The number of rotatable bonds is 20. The molecule has 0 aliphatic rings. The van der Waals surface area contributed by atoms with Crippen LogP contribution in [0.1, 0.15) is 52.0 Å². The van der Waals surface area contributed by atoms with Crippen LogP contribution in [0.5, 0.6) is 11.5 Å². The Morgan fingerprint density at radius 3 is 2.49 bits per heavy atom. The highest BCUT2D eigenvalue weighted by atomic mass is 19.1. The molecule has 0 unspecified atom stereocenters. The number of nitrogens with zero attached hydrogens (tertiary/aromatic N) is 5. The molecule has 0 radical (unpaired) electrons. The molecule has 16 nitrogen and oxygen atoms in total. The number of benzene rings is 2. The first kappa shape index (κ1) is 41.9. The van der Waals surface area contributed by atoms with Gasteiger partial charge < -0.3 is 41.6 Å². The Morgan fingerprint density at radius 2 is 1.75 bits per heavy atom. The van der Waals surface area contributed by atoms with Crippen LogP contribution in [0, 0.1) is 11.6 Å². The number of halogens is 2. The Balaban J connectivity index is 1.34. The Kier molecular flexibility index (Phi) is 14.7. The number of hydrogen-bond donors (Lipinski definition) is 5. The first-order valence-electron chi connectivity index (χ1n) is 18.5. The molecule has 0 aliphatic carbocycles. The van der Waals surface area contributed by atoms with Gasteiger partial charge in [0.25, 0.3) is 0 Å². The Bertz CT molecular complexity index is 2160. The molecule has 2 atom stereocenters. The number of nitrogens with two attached hydrogens (primary N) is 2. The highest BCUT2D eigenvalue weighted by Gasteiger charge is 2.22. The minimum absolute atomic E-state index is 0.00724. The first-order chi connectivity index (χ1) is 27.5. The lowest BCUT2D eigenvalue weighted by atomic mass is 10.1. The van der Waals surface area contributed by atoms with E-state index in [1.54, 1.807) is 43.3 Å². The van der Waals surface area contributed by atoms with E-state index in [0.29, 0.717) is 47.5 Å². The minimum atomic E-state index is -0.906. The second-order valence-electron chi connectivity index (χ2n) is 13.0. The highest BCUT2D eigenvalue weighted by molar-refractivity contribution is 5.92. The van der Waals surface area contributed by atoms with Gasteiger partial charge in [-0.2, -0.15) is 5.10 Å². The average molecular weight is 789 g/mol. The molecule has 5 aromatic rings. The molecular weight excluding hydrogens is 742 g/mol. The fourth-order valence-electron chi connectivity index (χ4n) is 5.68. The molecule has 2 aromatic carbocycles. The molecule has 0 saturated carbocycles. The molecule has 3 heterocycles. The van der Waals surface area contributed by atoms with E-state index in [1.165, 1.54) is 30.9 Å². The average Bonchev–Trinajstić information content (AvgIpc) is 3.54. The predicted molar refractivity (Wildman–Crippen MR) is 209 cm³/mol. The largest absolute Gasteiger partial charge is 0.494 e.